The van der Waals surface area contributed by atoms with E-state index in [0.717, 1.165) is 67.0 Å². The molecule has 0 saturated heterocycles. The molecule has 0 aliphatic heterocycles. The van der Waals surface area contributed by atoms with Gasteiger partial charge >= 0.3 is 0 Å². The Bertz CT molecular complexity index is 5350. The van der Waals surface area contributed by atoms with Crippen molar-refractivity contribution in [2.24, 2.45) is 0 Å². The molecule has 0 atom stereocenters. The number of para-hydroxylation sites is 7. The van der Waals surface area contributed by atoms with Crippen molar-refractivity contribution in [3.8, 4) is 56.5 Å². The molecule has 0 amide bonds. The van der Waals surface area contributed by atoms with E-state index in [1.165, 1.54) is 81.8 Å². The number of hydrogen-bond acceptors (Lipinski definition) is 2. The van der Waals surface area contributed by atoms with Crippen LogP contribution >= 0.6 is 0 Å². The number of fused-ring (bicyclic) bond motifs is 13. The minimum Gasteiger partial charge on any atom is -0.309 e. The molecular formula is C74H46N6. The number of aromatic nitrogens is 6. The fourth-order valence-electron chi connectivity index (χ4n) is 12.9. The van der Waals surface area contributed by atoms with Crippen LogP contribution in [0.15, 0.2) is 279 Å². The highest BCUT2D eigenvalue weighted by Crippen LogP contribution is 2.42. The Morgan fingerprint density at radius 3 is 1.05 bits per heavy atom. The molecule has 5 aromatic heterocycles. The largest absolute Gasteiger partial charge is 0.309 e. The molecule has 12 aromatic carbocycles. The Morgan fingerprint density at radius 2 is 0.537 bits per heavy atom. The summed E-state index contributed by atoms with van der Waals surface area (Å²) >= 11 is 0. The molecular weight excluding hydrogens is 973 g/mol. The first-order valence-electron chi connectivity index (χ1n) is 27.3. The van der Waals surface area contributed by atoms with Crippen molar-refractivity contribution in [1.82, 2.24) is 28.2 Å². The van der Waals surface area contributed by atoms with Gasteiger partial charge in [0.15, 0.2) is 5.82 Å². The molecule has 0 bridgehead atoms. The third kappa shape index (κ3) is 6.66. The predicted octanol–water partition coefficient (Wildman–Crippen LogP) is 19.0. The summed E-state index contributed by atoms with van der Waals surface area (Å²) in [4.78, 5) is 10.8. The topological polar surface area (TPSA) is 45.5 Å². The Morgan fingerprint density at radius 1 is 0.200 bits per heavy atom. The van der Waals surface area contributed by atoms with E-state index in [0.29, 0.717) is 5.82 Å². The fourth-order valence-corrected chi connectivity index (χ4v) is 12.9. The van der Waals surface area contributed by atoms with Crippen molar-refractivity contribution in [1.29, 1.82) is 0 Å². The van der Waals surface area contributed by atoms with Gasteiger partial charge < -0.3 is 13.7 Å². The second-order valence-electron chi connectivity index (χ2n) is 20.9. The average molecular weight is 1020 g/mol. The van der Waals surface area contributed by atoms with Gasteiger partial charge in [-0.05, 0) is 150 Å². The first-order valence-corrected chi connectivity index (χ1v) is 27.3. The van der Waals surface area contributed by atoms with Gasteiger partial charge in [0, 0.05) is 71.1 Å². The second-order valence-corrected chi connectivity index (χ2v) is 20.9. The Balaban J connectivity index is 0.769. The maximum absolute atomic E-state index is 5.52. The smallest absolute Gasteiger partial charge is 0.162 e. The Labute approximate surface area is 459 Å². The van der Waals surface area contributed by atoms with Crippen molar-refractivity contribution >= 4 is 98.1 Å². The van der Waals surface area contributed by atoms with Crippen LogP contribution in [-0.4, -0.2) is 28.2 Å². The van der Waals surface area contributed by atoms with Crippen LogP contribution in [0.1, 0.15) is 0 Å². The van der Waals surface area contributed by atoms with Crippen molar-refractivity contribution in [2.75, 3.05) is 0 Å². The second kappa shape index (κ2) is 17.3. The van der Waals surface area contributed by atoms with Gasteiger partial charge in [-0.1, -0.05) is 152 Å². The molecule has 0 spiro atoms. The minimum absolute atomic E-state index is 0.671. The van der Waals surface area contributed by atoms with Crippen LogP contribution in [0.5, 0.6) is 0 Å². The zero-order valence-electron chi connectivity index (χ0n) is 43.2. The van der Waals surface area contributed by atoms with E-state index in [1.54, 1.807) is 0 Å². The summed E-state index contributed by atoms with van der Waals surface area (Å²) in [5.74, 6) is 1.52. The van der Waals surface area contributed by atoms with Gasteiger partial charge in [0.25, 0.3) is 0 Å². The molecule has 0 radical (unpaired) electrons. The third-order valence-corrected chi connectivity index (χ3v) is 16.6. The lowest BCUT2D eigenvalue weighted by molar-refractivity contribution is 1.07. The molecule has 6 heteroatoms. The van der Waals surface area contributed by atoms with E-state index >= 15 is 0 Å². The first kappa shape index (κ1) is 44.3. The minimum atomic E-state index is 0.671. The number of rotatable bonds is 7. The number of hydrogen-bond donors (Lipinski definition) is 0. The normalized spacial score (nSPS) is 12.0. The van der Waals surface area contributed by atoms with Crippen LogP contribution in [0, 0.1) is 0 Å². The van der Waals surface area contributed by atoms with Gasteiger partial charge in [0.05, 0.1) is 49.7 Å². The standard InChI is InChI=1S/C74H46N6/c1-3-17-52(18-4-1)77-66-28-14-9-22-56(66)61-43-48(34-40-69(61)77)49-36-42-71-63(44-49)58-24-11-16-30-68(58)80(71)74-60-25-7-12-26-64(60)75-73(76-74)47-31-37-54(38-32-47)79-65-27-13-8-21-55(65)59-39-33-51(46-72(59)79)50-35-41-70-62(45-50)57-23-10-15-29-67(57)78(70)53-19-5-2-6-20-53/h1-46H. The Kier molecular flexibility index (Phi) is 9.61. The third-order valence-electron chi connectivity index (χ3n) is 16.6. The summed E-state index contributed by atoms with van der Waals surface area (Å²) in [6.07, 6.45) is 0. The van der Waals surface area contributed by atoms with E-state index in [9.17, 15) is 0 Å². The molecule has 17 rings (SSSR count). The highest BCUT2D eigenvalue weighted by Gasteiger charge is 2.21. The van der Waals surface area contributed by atoms with Crippen LogP contribution < -0.4 is 0 Å². The fraction of sp³-hybridized carbons (Fsp3) is 0. The quantitative estimate of drug-likeness (QED) is 0.160. The van der Waals surface area contributed by atoms with E-state index in [2.05, 4.69) is 297 Å². The lowest BCUT2D eigenvalue weighted by Gasteiger charge is -2.13. The first-order chi connectivity index (χ1) is 39.7. The molecule has 0 aliphatic rings. The van der Waals surface area contributed by atoms with Gasteiger partial charge in [0.1, 0.15) is 5.82 Å². The van der Waals surface area contributed by atoms with Crippen molar-refractivity contribution in [3.63, 3.8) is 0 Å². The van der Waals surface area contributed by atoms with Crippen molar-refractivity contribution in [3.05, 3.63) is 279 Å². The van der Waals surface area contributed by atoms with E-state index in [1.807, 2.05) is 0 Å². The molecule has 0 fully saturated rings. The molecule has 372 valence electrons. The van der Waals surface area contributed by atoms with Crippen LogP contribution in [-0.2, 0) is 0 Å². The highest BCUT2D eigenvalue weighted by atomic mass is 15.1. The van der Waals surface area contributed by atoms with E-state index < -0.39 is 0 Å². The van der Waals surface area contributed by atoms with Crippen molar-refractivity contribution < 1.29 is 0 Å². The lowest BCUT2D eigenvalue weighted by atomic mass is 10.0. The molecule has 6 nitrogen and oxygen atoms in total. The van der Waals surface area contributed by atoms with Gasteiger partial charge in [-0.15, -0.1) is 0 Å². The predicted molar refractivity (Wildman–Crippen MR) is 333 cm³/mol. The van der Waals surface area contributed by atoms with Gasteiger partial charge in [-0.25, -0.2) is 9.97 Å². The summed E-state index contributed by atoms with van der Waals surface area (Å²) in [7, 11) is 0. The molecule has 0 saturated carbocycles. The SMILES string of the molecule is c1ccc(-n2c3ccccc3c3cc(-c4ccc5c(c4)c4ccccc4n5-c4nc(-c5ccc(-n6c7ccccc7c7ccc(-c8ccc9c(c8)c8ccccc8n9-c8ccccc8)cc76)cc5)nc5ccccc45)ccc32)cc1. The molecule has 0 aliphatic carbocycles. The summed E-state index contributed by atoms with van der Waals surface area (Å²) < 4.78 is 9.48. The number of nitrogens with zero attached hydrogens (tertiary/aromatic N) is 6. The molecule has 80 heavy (non-hydrogen) atoms. The summed E-state index contributed by atoms with van der Waals surface area (Å²) in [5.41, 5.74) is 19.2. The highest BCUT2D eigenvalue weighted by molar-refractivity contribution is 6.15. The maximum atomic E-state index is 5.52. The maximum Gasteiger partial charge on any atom is 0.162 e. The molecule has 0 N–H and O–H groups in total. The molecule has 5 heterocycles. The summed E-state index contributed by atoms with van der Waals surface area (Å²) in [6.45, 7) is 0. The van der Waals surface area contributed by atoms with Crippen molar-refractivity contribution in [2.45, 2.75) is 0 Å². The van der Waals surface area contributed by atoms with Gasteiger partial charge in [0.2, 0.25) is 0 Å². The average Bonchev–Trinajstić information content (AvgIpc) is 4.46. The molecule has 0 unspecified atom stereocenters. The zero-order chi connectivity index (χ0) is 52.4. The lowest BCUT2D eigenvalue weighted by Crippen LogP contribution is -2.03. The molecule has 17 aromatic rings. The van der Waals surface area contributed by atoms with Crippen LogP contribution in [0.25, 0.3) is 155 Å². The van der Waals surface area contributed by atoms with Gasteiger partial charge in [-0.3, -0.25) is 4.57 Å². The Hall–Kier alpha value is -10.8. The number of benzene rings is 12. The summed E-state index contributed by atoms with van der Waals surface area (Å²) in [5, 5.41) is 10.7. The monoisotopic (exact) mass is 1020 g/mol. The van der Waals surface area contributed by atoms with E-state index in [-0.39, 0.29) is 0 Å². The zero-order valence-corrected chi connectivity index (χ0v) is 43.2. The van der Waals surface area contributed by atoms with Crippen LogP contribution in [0.3, 0.4) is 0 Å². The van der Waals surface area contributed by atoms with Crippen LogP contribution in [0.4, 0.5) is 0 Å². The summed E-state index contributed by atoms with van der Waals surface area (Å²) in [6, 6.07) is 101. The van der Waals surface area contributed by atoms with Crippen LogP contribution in [0.2, 0.25) is 0 Å². The van der Waals surface area contributed by atoms with Gasteiger partial charge in [-0.2, -0.15) is 0 Å². The van der Waals surface area contributed by atoms with E-state index in [4.69, 9.17) is 9.97 Å².